The maximum Gasteiger partial charge on any atom is 0.255 e. The Kier molecular flexibility index (Phi) is 5.33. The van der Waals surface area contributed by atoms with E-state index in [1.165, 1.54) is 24.3 Å². The number of nitrogens with one attached hydrogen (secondary N) is 1. The highest BCUT2D eigenvalue weighted by Gasteiger charge is 2.25. The first-order chi connectivity index (χ1) is 14.1. The molecule has 0 unspecified atom stereocenters. The first-order valence-electron chi connectivity index (χ1n) is 9.40. The second-order valence-corrected chi connectivity index (χ2v) is 6.92. The Morgan fingerprint density at radius 1 is 1.03 bits per heavy atom. The summed E-state index contributed by atoms with van der Waals surface area (Å²) >= 11 is 0. The zero-order valence-corrected chi connectivity index (χ0v) is 15.7. The molecule has 1 fully saturated rings. The van der Waals surface area contributed by atoms with E-state index in [4.69, 9.17) is 0 Å². The summed E-state index contributed by atoms with van der Waals surface area (Å²) < 4.78 is 14.8. The summed E-state index contributed by atoms with van der Waals surface area (Å²) in [6.45, 7) is 1.10. The van der Waals surface area contributed by atoms with E-state index < -0.39 is 0 Å². The van der Waals surface area contributed by atoms with E-state index in [-0.39, 0.29) is 23.7 Å². The minimum absolute atomic E-state index is 0.0154. The molecule has 3 aromatic rings. The molecular formula is C21H20FN5O2. The minimum atomic E-state index is -0.374. The van der Waals surface area contributed by atoms with Crippen LogP contribution in [0.15, 0.2) is 61.3 Å². The fourth-order valence-electron chi connectivity index (χ4n) is 3.34. The Morgan fingerprint density at radius 3 is 2.38 bits per heavy atom. The molecule has 3 heterocycles. The Labute approximate surface area is 167 Å². The van der Waals surface area contributed by atoms with Gasteiger partial charge in [0.05, 0.1) is 5.56 Å². The Balaban J connectivity index is 1.31. The Hall–Kier alpha value is -3.55. The van der Waals surface area contributed by atoms with Crippen molar-refractivity contribution in [1.29, 1.82) is 0 Å². The van der Waals surface area contributed by atoms with Gasteiger partial charge in [-0.2, -0.15) is 0 Å². The molecule has 1 aromatic carbocycles. The Morgan fingerprint density at radius 2 is 1.76 bits per heavy atom. The van der Waals surface area contributed by atoms with Gasteiger partial charge < -0.3 is 10.2 Å². The molecule has 0 bridgehead atoms. The number of likely N-dealkylation sites (tertiary alicyclic amines) is 1. The number of carbonyl (C=O) groups is 2. The average Bonchev–Trinajstić information content (AvgIpc) is 3.29. The van der Waals surface area contributed by atoms with Crippen molar-refractivity contribution in [2.75, 3.05) is 13.1 Å². The van der Waals surface area contributed by atoms with Crippen LogP contribution in [-0.4, -0.2) is 50.4 Å². The predicted octanol–water partition coefficient (Wildman–Crippen LogP) is 2.44. The predicted molar refractivity (Wildman–Crippen MR) is 104 cm³/mol. The lowest BCUT2D eigenvalue weighted by atomic mass is 10.0. The summed E-state index contributed by atoms with van der Waals surface area (Å²) in [7, 11) is 0. The van der Waals surface area contributed by atoms with Crippen LogP contribution in [0, 0.1) is 5.82 Å². The van der Waals surface area contributed by atoms with Gasteiger partial charge in [-0.3, -0.25) is 14.2 Å². The van der Waals surface area contributed by atoms with Crippen molar-refractivity contribution in [1.82, 2.24) is 24.8 Å². The van der Waals surface area contributed by atoms with Gasteiger partial charge in [-0.15, -0.1) is 0 Å². The molecule has 4 rings (SSSR count). The summed E-state index contributed by atoms with van der Waals surface area (Å²) in [6, 6.07) is 8.98. The number of piperidine rings is 1. The molecule has 0 atom stereocenters. The first-order valence-corrected chi connectivity index (χ1v) is 9.40. The topological polar surface area (TPSA) is 80.1 Å². The van der Waals surface area contributed by atoms with E-state index in [1.54, 1.807) is 46.5 Å². The number of carbonyl (C=O) groups excluding carboxylic acids is 2. The van der Waals surface area contributed by atoms with Gasteiger partial charge in [0.15, 0.2) is 0 Å². The molecule has 1 N–H and O–H groups in total. The molecule has 0 radical (unpaired) electrons. The third kappa shape index (κ3) is 4.31. The van der Waals surface area contributed by atoms with Crippen LogP contribution in [0.5, 0.6) is 0 Å². The largest absolute Gasteiger partial charge is 0.349 e. The molecule has 0 saturated carbocycles. The molecule has 29 heavy (non-hydrogen) atoms. The highest BCUT2D eigenvalue weighted by atomic mass is 19.1. The Bertz CT molecular complexity index is 979. The molecule has 0 spiro atoms. The second kappa shape index (κ2) is 8.22. The second-order valence-electron chi connectivity index (χ2n) is 6.92. The van der Waals surface area contributed by atoms with E-state index in [0.29, 0.717) is 42.9 Å². The fraction of sp³-hybridized carbons (Fsp3) is 0.238. The van der Waals surface area contributed by atoms with Crippen LogP contribution in [0.3, 0.4) is 0 Å². The summed E-state index contributed by atoms with van der Waals surface area (Å²) in [5.74, 6) is 0.0224. The molecule has 2 aromatic heterocycles. The van der Waals surface area contributed by atoms with Gasteiger partial charge >= 0.3 is 0 Å². The van der Waals surface area contributed by atoms with E-state index in [1.807, 2.05) is 0 Å². The zero-order valence-electron chi connectivity index (χ0n) is 15.7. The lowest BCUT2D eigenvalue weighted by Crippen LogP contribution is -2.46. The number of halogens is 1. The number of hydrogen-bond donors (Lipinski definition) is 1. The van der Waals surface area contributed by atoms with Crippen molar-refractivity contribution < 1.29 is 14.0 Å². The number of pyridine rings is 1. The van der Waals surface area contributed by atoms with Gasteiger partial charge in [0, 0.05) is 43.3 Å². The van der Waals surface area contributed by atoms with Gasteiger partial charge in [0.1, 0.15) is 18.0 Å². The van der Waals surface area contributed by atoms with Crippen LogP contribution in [0.1, 0.15) is 33.6 Å². The van der Waals surface area contributed by atoms with E-state index in [2.05, 4.69) is 15.3 Å². The lowest BCUT2D eigenvalue weighted by molar-refractivity contribution is 0.0697. The number of amides is 2. The van der Waals surface area contributed by atoms with Crippen molar-refractivity contribution in [3.8, 4) is 5.82 Å². The molecule has 8 heteroatoms. The maximum atomic E-state index is 13.0. The van der Waals surface area contributed by atoms with Crippen molar-refractivity contribution in [2.45, 2.75) is 18.9 Å². The third-order valence-electron chi connectivity index (χ3n) is 4.99. The number of nitrogens with zero attached hydrogens (tertiary/aromatic N) is 4. The van der Waals surface area contributed by atoms with Gasteiger partial charge in [-0.05, 0) is 49.2 Å². The number of rotatable bonds is 4. The van der Waals surface area contributed by atoms with E-state index >= 15 is 0 Å². The van der Waals surface area contributed by atoms with Gasteiger partial charge in [-0.1, -0.05) is 0 Å². The summed E-state index contributed by atoms with van der Waals surface area (Å²) in [5, 5.41) is 2.96. The normalized spacial score (nSPS) is 14.6. The fourth-order valence-corrected chi connectivity index (χ4v) is 3.34. The highest BCUT2D eigenvalue weighted by molar-refractivity contribution is 5.95. The van der Waals surface area contributed by atoms with Crippen LogP contribution in [0.25, 0.3) is 5.82 Å². The van der Waals surface area contributed by atoms with Gasteiger partial charge in [-0.25, -0.2) is 14.4 Å². The number of aromatic nitrogens is 3. The summed E-state index contributed by atoms with van der Waals surface area (Å²) in [4.78, 5) is 35.1. The first kappa shape index (κ1) is 18.8. The molecular weight excluding hydrogens is 373 g/mol. The zero-order chi connectivity index (χ0) is 20.2. The smallest absolute Gasteiger partial charge is 0.255 e. The van der Waals surface area contributed by atoms with Crippen molar-refractivity contribution in [2.24, 2.45) is 0 Å². The third-order valence-corrected chi connectivity index (χ3v) is 4.99. The van der Waals surface area contributed by atoms with Crippen LogP contribution >= 0.6 is 0 Å². The molecule has 1 saturated heterocycles. The number of imidazole rings is 1. The van der Waals surface area contributed by atoms with Crippen LogP contribution in [0.2, 0.25) is 0 Å². The molecule has 148 valence electrons. The SMILES string of the molecule is O=C(NC1CCN(C(=O)c2ccc(-n3ccnc3)nc2)CC1)c1ccc(F)cc1. The molecule has 2 amide bonds. The monoisotopic (exact) mass is 393 g/mol. The number of benzene rings is 1. The van der Waals surface area contributed by atoms with Crippen LogP contribution in [0.4, 0.5) is 4.39 Å². The minimum Gasteiger partial charge on any atom is -0.349 e. The lowest BCUT2D eigenvalue weighted by Gasteiger charge is -2.32. The number of hydrogen-bond acceptors (Lipinski definition) is 4. The van der Waals surface area contributed by atoms with Crippen molar-refractivity contribution >= 4 is 11.8 Å². The maximum absolute atomic E-state index is 13.0. The van der Waals surface area contributed by atoms with E-state index in [0.717, 1.165) is 0 Å². The van der Waals surface area contributed by atoms with Crippen LogP contribution in [-0.2, 0) is 0 Å². The van der Waals surface area contributed by atoms with Crippen molar-refractivity contribution in [3.05, 3.63) is 78.3 Å². The molecule has 1 aliphatic rings. The van der Waals surface area contributed by atoms with Gasteiger partial charge in [0.2, 0.25) is 0 Å². The summed E-state index contributed by atoms with van der Waals surface area (Å²) in [5.41, 5.74) is 0.955. The molecule has 7 nitrogen and oxygen atoms in total. The molecule has 0 aliphatic carbocycles. The van der Waals surface area contributed by atoms with Crippen LogP contribution < -0.4 is 5.32 Å². The highest BCUT2D eigenvalue weighted by Crippen LogP contribution is 2.15. The average molecular weight is 393 g/mol. The summed E-state index contributed by atoms with van der Waals surface area (Å²) in [6.07, 6.45) is 8.00. The van der Waals surface area contributed by atoms with Crippen molar-refractivity contribution in [3.63, 3.8) is 0 Å². The van der Waals surface area contributed by atoms with Gasteiger partial charge in [0.25, 0.3) is 11.8 Å². The standard InChI is InChI=1S/C21H20FN5O2/c22-17-4-1-15(2-5-17)20(28)25-18-7-10-26(11-8-18)21(29)16-3-6-19(24-13-16)27-12-9-23-14-27/h1-6,9,12-14,18H,7-8,10-11H2,(H,25,28). The molecule has 1 aliphatic heterocycles. The van der Waals surface area contributed by atoms with E-state index in [9.17, 15) is 14.0 Å². The quantitative estimate of drug-likeness (QED) is 0.738.